The van der Waals surface area contributed by atoms with Gasteiger partial charge in [-0.2, -0.15) is 0 Å². The van der Waals surface area contributed by atoms with E-state index in [0.29, 0.717) is 6.07 Å². The Morgan fingerprint density at radius 3 is 2.39 bits per heavy atom. The van der Waals surface area contributed by atoms with Crippen molar-refractivity contribution in [3.8, 4) is 5.75 Å². The molecular formula is C18H18N2O8. The van der Waals surface area contributed by atoms with E-state index in [0.717, 1.165) is 11.1 Å². The van der Waals surface area contributed by atoms with Gasteiger partial charge in [-0.25, -0.2) is 9.59 Å². The van der Waals surface area contributed by atoms with Crippen molar-refractivity contribution in [3.63, 3.8) is 0 Å². The molecule has 0 fully saturated rings. The minimum absolute atomic E-state index is 0.0204. The number of carbonyl (C=O) groups is 3. The Bertz CT molecular complexity index is 934. The number of alkyl carbamates (subject to hydrolysis) is 1. The van der Waals surface area contributed by atoms with Crippen LogP contribution in [0.1, 0.15) is 32.2 Å². The monoisotopic (exact) mass is 390 g/mol. The van der Waals surface area contributed by atoms with Crippen LogP contribution in [0.2, 0.25) is 0 Å². The number of aryl methyl sites for hydroxylation is 1. The highest BCUT2D eigenvalue weighted by Gasteiger charge is 2.20. The Kier molecular flexibility index (Phi) is 6.74. The van der Waals surface area contributed by atoms with E-state index in [-0.39, 0.29) is 19.7 Å². The van der Waals surface area contributed by atoms with Gasteiger partial charge in [0.2, 0.25) is 11.2 Å². The van der Waals surface area contributed by atoms with E-state index in [4.69, 9.17) is 14.3 Å². The second kappa shape index (κ2) is 9.21. The van der Waals surface area contributed by atoms with Gasteiger partial charge >= 0.3 is 12.1 Å². The van der Waals surface area contributed by atoms with Crippen LogP contribution in [0.25, 0.3) is 0 Å². The number of hydrogen-bond acceptors (Lipinski definition) is 7. The highest BCUT2D eigenvalue weighted by atomic mass is 16.5. The van der Waals surface area contributed by atoms with Crippen LogP contribution in [0, 0.1) is 6.92 Å². The highest BCUT2D eigenvalue weighted by Crippen LogP contribution is 2.13. The second-order valence-electron chi connectivity index (χ2n) is 5.70. The number of amides is 2. The van der Waals surface area contributed by atoms with Crippen LogP contribution in [-0.4, -0.2) is 41.3 Å². The number of nitrogens with one attached hydrogen (secondary N) is 2. The molecule has 2 amide bonds. The molecule has 4 N–H and O–H groups in total. The summed E-state index contributed by atoms with van der Waals surface area (Å²) in [6, 6.07) is 8.12. The van der Waals surface area contributed by atoms with Gasteiger partial charge in [0.1, 0.15) is 6.61 Å². The molecule has 1 aromatic carbocycles. The molecule has 10 nitrogen and oxygen atoms in total. The standard InChI is InChI=1S/C18H18N2O8/c1-10-2-4-11(5-3-10)9-27-18(26)20-7-6-19-16(23)13-8-12(21)14(22)15(28-13)17(24)25/h2-5,8,22H,6-7,9H2,1H3,(H,19,23)(H,20,26)(H,24,25). The number of carbonyl (C=O) groups excluding carboxylic acids is 2. The number of aromatic hydroxyl groups is 1. The van der Waals surface area contributed by atoms with Crippen LogP contribution in [0.3, 0.4) is 0 Å². The normalized spacial score (nSPS) is 10.2. The van der Waals surface area contributed by atoms with Gasteiger partial charge in [0.05, 0.1) is 0 Å². The molecule has 0 atom stereocenters. The van der Waals surface area contributed by atoms with Crippen molar-refractivity contribution in [2.45, 2.75) is 13.5 Å². The third kappa shape index (κ3) is 5.59. The molecule has 0 spiro atoms. The number of ether oxygens (including phenoxy) is 1. The van der Waals surface area contributed by atoms with Gasteiger partial charge in [-0.1, -0.05) is 29.8 Å². The second-order valence-corrected chi connectivity index (χ2v) is 5.70. The maximum Gasteiger partial charge on any atom is 0.407 e. The number of rotatable bonds is 7. The quantitative estimate of drug-likeness (QED) is 0.511. The predicted octanol–water partition coefficient (Wildman–Crippen LogP) is 1.01. The molecule has 0 saturated heterocycles. The van der Waals surface area contributed by atoms with Crippen LogP contribution in [0.5, 0.6) is 5.75 Å². The summed E-state index contributed by atoms with van der Waals surface area (Å²) in [6.45, 7) is 2.02. The molecule has 0 aliphatic rings. The fraction of sp³-hybridized carbons (Fsp3) is 0.222. The third-order valence-corrected chi connectivity index (χ3v) is 3.51. The van der Waals surface area contributed by atoms with Gasteiger partial charge in [-0.3, -0.25) is 9.59 Å². The van der Waals surface area contributed by atoms with Crippen LogP contribution in [0.15, 0.2) is 39.5 Å². The van der Waals surface area contributed by atoms with Crippen molar-refractivity contribution in [2.24, 2.45) is 0 Å². The maximum atomic E-state index is 11.9. The molecule has 148 valence electrons. The summed E-state index contributed by atoms with van der Waals surface area (Å²) in [6.07, 6.45) is -0.681. The summed E-state index contributed by atoms with van der Waals surface area (Å²) in [7, 11) is 0. The molecule has 1 aromatic heterocycles. The molecule has 1 heterocycles. The largest absolute Gasteiger partial charge is 0.501 e. The number of aromatic carboxylic acids is 1. The summed E-state index contributed by atoms with van der Waals surface area (Å²) >= 11 is 0. The molecule has 0 aliphatic heterocycles. The lowest BCUT2D eigenvalue weighted by atomic mass is 10.2. The van der Waals surface area contributed by atoms with Gasteiger partial charge in [0.15, 0.2) is 5.76 Å². The zero-order chi connectivity index (χ0) is 20.7. The number of benzene rings is 1. The van der Waals surface area contributed by atoms with Crippen molar-refractivity contribution >= 4 is 18.0 Å². The van der Waals surface area contributed by atoms with Crippen molar-refractivity contribution < 1.29 is 33.8 Å². The van der Waals surface area contributed by atoms with Gasteiger partial charge in [-0.05, 0) is 12.5 Å². The fourth-order valence-electron chi connectivity index (χ4n) is 2.06. The first kappa shape index (κ1) is 20.5. The van der Waals surface area contributed by atoms with E-state index in [1.165, 1.54) is 0 Å². The van der Waals surface area contributed by atoms with E-state index in [1.807, 2.05) is 31.2 Å². The summed E-state index contributed by atoms with van der Waals surface area (Å²) in [5.41, 5.74) is 0.848. The minimum Gasteiger partial charge on any atom is -0.501 e. The highest BCUT2D eigenvalue weighted by molar-refractivity contribution is 5.93. The van der Waals surface area contributed by atoms with Crippen LogP contribution >= 0.6 is 0 Å². The Hall–Kier alpha value is -3.82. The lowest BCUT2D eigenvalue weighted by molar-refractivity contribution is 0.0649. The summed E-state index contributed by atoms with van der Waals surface area (Å²) in [4.78, 5) is 45.9. The Labute approximate surface area is 158 Å². The molecule has 28 heavy (non-hydrogen) atoms. The SMILES string of the molecule is Cc1ccc(COC(=O)NCCNC(=O)c2cc(=O)c(O)c(C(=O)O)o2)cc1. The number of hydrogen-bond donors (Lipinski definition) is 4. The minimum atomic E-state index is -1.69. The van der Waals surface area contributed by atoms with Gasteiger partial charge in [0.25, 0.3) is 11.7 Å². The third-order valence-electron chi connectivity index (χ3n) is 3.51. The number of carboxylic acid groups (broad SMARTS) is 1. The van der Waals surface area contributed by atoms with Crippen LogP contribution in [-0.2, 0) is 11.3 Å². The smallest absolute Gasteiger partial charge is 0.407 e. The Morgan fingerprint density at radius 2 is 1.75 bits per heavy atom. The van der Waals surface area contributed by atoms with Crippen LogP contribution in [0.4, 0.5) is 4.79 Å². The van der Waals surface area contributed by atoms with Crippen molar-refractivity contribution in [1.29, 1.82) is 0 Å². The van der Waals surface area contributed by atoms with Gasteiger partial charge < -0.3 is 30.0 Å². The predicted molar refractivity (Wildman–Crippen MR) is 95.3 cm³/mol. The molecule has 0 unspecified atom stereocenters. The van der Waals surface area contributed by atoms with E-state index in [9.17, 15) is 24.3 Å². The van der Waals surface area contributed by atoms with Gasteiger partial charge in [-0.15, -0.1) is 0 Å². The molecule has 0 aliphatic carbocycles. The molecule has 0 radical (unpaired) electrons. The molecule has 2 aromatic rings. The zero-order valence-corrected chi connectivity index (χ0v) is 14.9. The van der Waals surface area contributed by atoms with Crippen LogP contribution < -0.4 is 16.1 Å². The topological polar surface area (TPSA) is 155 Å². The average molecular weight is 390 g/mol. The molecule has 0 bridgehead atoms. The van der Waals surface area contributed by atoms with E-state index in [2.05, 4.69) is 10.6 Å². The van der Waals surface area contributed by atoms with Crippen molar-refractivity contribution in [2.75, 3.05) is 13.1 Å². The lowest BCUT2D eigenvalue weighted by Gasteiger charge is -2.08. The van der Waals surface area contributed by atoms with Gasteiger partial charge in [0, 0.05) is 19.2 Å². The molecule has 2 rings (SSSR count). The maximum absolute atomic E-state index is 11.9. The first-order chi connectivity index (χ1) is 13.3. The molecule has 0 saturated carbocycles. The van der Waals surface area contributed by atoms with Crippen molar-refractivity contribution in [3.05, 3.63) is 63.2 Å². The molecule has 10 heteroatoms. The summed E-state index contributed by atoms with van der Waals surface area (Å²) in [5.74, 6) is -5.28. The van der Waals surface area contributed by atoms with E-state index in [1.54, 1.807) is 0 Å². The summed E-state index contributed by atoms with van der Waals surface area (Å²) < 4.78 is 9.73. The lowest BCUT2D eigenvalue weighted by Crippen LogP contribution is -2.35. The fourth-order valence-corrected chi connectivity index (χ4v) is 2.06. The zero-order valence-electron chi connectivity index (χ0n) is 14.9. The Morgan fingerprint density at radius 1 is 1.11 bits per heavy atom. The van der Waals surface area contributed by atoms with Crippen molar-refractivity contribution in [1.82, 2.24) is 10.6 Å². The first-order valence-corrected chi connectivity index (χ1v) is 8.12. The van der Waals surface area contributed by atoms with E-state index < -0.39 is 40.7 Å². The first-order valence-electron chi connectivity index (χ1n) is 8.12. The Balaban J connectivity index is 1.78. The summed E-state index contributed by atoms with van der Waals surface area (Å²) in [5, 5.41) is 22.9. The molecular weight excluding hydrogens is 372 g/mol. The average Bonchev–Trinajstić information content (AvgIpc) is 2.66. The number of carboxylic acids is 1. The van der Waals surface area contributed by atoms with E-state index >= 15 is 0 Å².